The third-order valence-electron chi connectivity index (χ3n) is 2.97. The minimum absolute atomic E-state index is 0.554. The van der Waals surface area contributed by atoms with Gasteiger partial charge >= 0.3 is 0 Å². The van der Waals surface area contributed by atoms with Crippen molar-refractivity contribution >= 4 is 28.3 Å². The van der Waals surface area contributed by atoms with Crippen molar-refractivity contribution in [2.75, 3.05) is 5.32 Å². The summed E-state index contributed by atoms with van der Waals surface area (Å²) in [6.07, 6.45) is 2.49. The number of alkyl halides is 1. The summed E-state index contributed by atoms with van der Waals surface area (Å²) in [5, 5.41) is 4.23. The van der Waals surface area contributed by atoms with E-state index in [1.165, 1.54) is 29.9 Å². The molecule has 0 spiro atoms. The fourth-order valence-corrected chi connectivity index (χ4v) is 2.62. The number of halogens is 1. The average molecular weight is 280 g/mol. The molecule has 1 N–H and O–H groups in total. The van der Waals surface area contributed by atoms with Crippen molar-refractivity contribution in [1.82, 2.24) is 9.36 Å². The van der Waals surface area contributed by atoms with Crippen LogP contribution in [0.3, 0.4) is 0 Å². The molecule has 1 aliphatic rings. The Bertz CT molecular complexity index is 537. The van der Waals surface area contributed by atoms with E-state index in [4.69, 9.17) is 11.6 Å². The largest absolute Gasteiger partial charge is 0.356 e. The fourth-order valence-electron chi connectivity index (χ4n) is 1.81. The monoisotopic (exact) mass is 279 g/mol. The lowest BCUT2D eigenvalue weighted by molar-refractivity contribution is 0.979. The van der Waals surface area contributed by atoms with Crippen molar-refractivity contribution in [2.45, 2.75) is 31.2 Å². The molecule has 94 valence electrons. The second-order valence-electron chi connectivity index (χ2n) is 4.54. The van der Waals surface area contributed by atoms with Gasteiger partial charge in [0.1, 0.15) is 5.82 Å². The minimum atomic E-state index is 0.554. The molecule has 1 aromatic carbocycles. The second kappa shape index (κ2) is 5.24. The number of nitrogens with zero attached hydrogens (tertiary/aromatic N) is 2. The molecule has 1 aliphatic carbocycles. The van der Waals surface area contributed by atoms with E-state index in [-0.39, 0.29) is 0 Å². The van der Waals surface area contributed by atoms with E-state index in [0.717, 1.165) is 23.1 Å². The van der Waals surface area contributed by atoms with E-state index in [2.05, 4.69) is 26.8 Å². The van der Waals surface area contributed by atoms with Gasteiger partial charge in [0.2, 0.25) is 5.13 Å². The van der Waals surface area contributed by atoms with Gasteiger partial charge in [-0.2, -0.15) is 4.37 Å². The quantitative estimate of drug-likeness (QED) is 0.847. The number of hydrogen-bond acceptors (Lipinski definition) is 4. The van der Waals surface area contributed by atoms with E-state index in [1.54, 1.807) is 0 Å². The van der Waals surface area contributed by atoms with Crippen LogP contribution in [0.4, 0.5) is 5.13 Å². The maximum Gasteiger partial charge on any atom is 0.202 e. The van der Waals surface area contributed by atoms with Crippen LogP contribution in [0.15, 0.2) is 24.3 Å². The molecule has 3 nitrogen and oxygen atoms in total. The third-order valence-corrected chi connectivity index (χ3v) is 3.97. The molecule has 0 atom stereocenters. The summed E-state index contributed by atoms with van der Waals surface area (Å²) in [7, 11) is 0. The van der Waals surface area contributed by atoms with Crippen molar-refractivity contribution in [3.05, 3.63) is 41.2 Å². The van der Waals surface area contributed by atoms with Gasteiger partial charge in [0.05, 0.1) is 0 Å². The molecule has 0 aliphatic heterocycles. The number of aromatic nitrogens is 2. The number of anilines is 1. The molecule has 0 bridgehead atoms. The Kier molecular flexibility index (Phi) is 3.48. The average Bonchev–Trinajstić information content (AvgIpc) is 3.16. The molecule has 1 fully saturated rings. The highest BCUT2D eigenvalue weighted by molar-refractivity contribution is 7.09. The first-order valence-corrected chi connectivity index (χ1v) is 7.37. The first-order valence-electron chi connectivity index (χ1n) is 6.06. The van der Waals surface area contributed by atoms with E-state index in [0.29, 0.717) is 11.8 Å². The Morgan fingerprint density at radius 1 is 1.33 bits per heavy atom. The molecule has 0 saturated heterocycles. The Balaban J connectivity index is 1.61. The first-order chi connectivity index (χ1) is 8.85. The summed E-state index contributed by atoms with van der Waals surface area (Å²) in [6, 6.07) is 8.27. The van der Waals surface area contributed by atoms with Crippen molar-refractivity contribution in [2.24, 2.45) is 0 Å². The van der Waals surface area contributed by atoms with Crippen molar-refractivity contribution in [3.63, 3.8) is 0 Å². The smallest absolute Gasteiger partial charge is 0.202 e. The molecule has 2 aromatic rings. The summed E-state index contributed by atoms with van der Waals surface area (Å²) in [4.78, 5) is 4.50. The van der Waals surface area contributed by atoms with Crippen LogP contribution in [-0.4, -0.2) is 9.36 Å². The highest BCUT2D eigenvalue weighted by atomic mass is 35.5. The predicted octanol–water partition coefficient (Wildman–Crippen LogP) is 3.77. The molecule has 0 unspecified atom stereocenters. The van der Waals surface area contributed by atoms with E-state index >= 15 is 0 Å². The topological polar surface area (TPSA) is 37.8 Å². The van der Waals surface area contributed by atoms with Crippen LogP contribution in [0, 0.1) is 0 Å². The number of nitrogens with one attached hydrogen (secondary N) is 1. The summed E-state index contributed by atoms with van der Waals surface area (Å²) in [5.41, 5.74) is 2.36. The molecule has 1 aromatic heterocycles. The summed E-state index contributed by atoms with van der Waals surface area (Å²) in [6.45, 7) is 0.768. The van der Waals surface area contributed by atoms with E-state index < -0.39 is 0 Å². The van der Waals surface area contributed by atoms with Crippen molar-refractivity contribution in [1.29, 1.82) is 0 Å². The van der Waals surface area contributed by atoms with Crippen LogP contribution in [0.1, 0.15) is 35.7 Å². The van der Waals surface area contributed by atoms with Crippen LogP contribution in [0.2, 0.25) is 0 Å². The van der Waals surface area contributed by atoms with Gasteiger partial charge in [-0.1, -0.05) is 24.3 Å². The standard InChI is InChI=1S/C13H14ClN3S/c14-7-9-2-1-3-10(6-9)8-15-13-16-12(17-18-13)11-4-5-11/h1-3,6,11H,4-5,7-8H2,(H,15,16,17). The number of rotatable bonds is 5. The van der Waals surface area contributed by atoms with Gasteiger partial charge in [0.15, 0.2) is 0 Å². The SMILES string of the molecule is ClCc1cccc(CNc2nc(C3CC3)ns2)c1. The molecular weight excluding hydrogens is 266 g/mol. The zero-order valence-electron chi connectivity index (χ0n) is 9.90. The Morgan fingerprint density at radius 3 is 2.94 bits per heavy atom. The Hall–Kier alpha value is -1.13. The lowest BCUT2D eigenvalue weighted by Crippen LogP contribution is -1.99. The maximum atomic E-state index is 5.82. The molecule has 0 radical (unpaired) electrons. The minimum Gasteiger partial charge on any atom is -0.356 e. The molecule has 1 heterocycles. The van der Waals surface area contributed by atoms with Gasteiger partial charge < -0.3 is 5.32 Å². The van der Waals surface area contributed by atoms with Crippen LogP contribution < -0.4 is 5.32 Å². The van der Waals surface area contributed by atoms with Crippen molar-refractivity contribution < 1.29 is 0 Å². The maximum absolute atomic E-state index is 5.82. The molecule has 3 rings (SSSR count). The Morgan fingerprint density at radius 2 is 2.17 bits per heavy atom. The van der Waals surface area contributed by atoms with E-state index in [9.17, 15) is 0 Å². The summed E-state index contributed by atoms with van der Waals surface area (Å²) >= 11 is 7.27. The first kappa shape index (κ1) is 11.9. The highest BCUT2D eigenvalue weighted by Gasteiger charge is 2.27. The molecule has 1 saturated carbocycles. The fraction of sp³-hybridized carbons (Fsp3) is 0.385. The van der Waals surface area contributed by atoms with Crippen molar-refractivity contribution in [3.8, 4) is 0 Å². The third kappa shape index (κ3) is 2.82. The summed E-state index contributed by atoms with van der Waals surface area (Å²) < 4.78 is 4.37. The number of hydrogen-bond donors (Lipinski definition) is 1. The van der Waals surface area contributed by atoms with Gasteiger partial charge in [-0.05, 0) is 24.0 Å². The molecule has 5 heteroatoms. The van der Waals surface area contributed by atoms with Gasteiger partial charge in [-0.25, -0.2) is 4.98 Å². The zero-order chi connectivity index (χ0) is 12.4. The Labute approximate surface area is 115 Å². The molecule has 0 amide bonds. The van der Waals surface area contributed by atoms with Crippen LogP contribution >= 0.6 is 23.1 Å². The molecular formula is C13H14ClN3S. The van der Waals surface area contributed by atoms with Gasteiger partial charge in [-0.3, -0.25) is 0 Å². The normalized spacial score (nSPS) is 14.7. The predicted molar refractivity (Wildman–Crippen MR) is 75.2 cm³/mol. The zero-order valence-corrected chi connectivity index (χ0v) is 11.5. The van der Waals surface area contributed by atoms with Gasteiger partial charge in [-0.15, -0.1) is 11.6 Å². The van der Waals surface area contributed by atoms with Crippen LogP contribution in [-0.2, 0) is 12.4 Å². The lowest BCUT2D eigenvalue weighted by atomic mass is 10.1. The molecule has 18 heavy (non-hydrogen) atoms. The van der Waals surface area contributed by atoms with Crippen LogP contribution in [0.5, 0.6) is 0 Å². The summed E-state index contributed by atoms with van der Waals surface area (Å²) in [5.74, 6) is 2.19. The highest BCUT2D eigenvalue weighted by Crippen LogP contribution is 2.39. The van der Waals surface area contributed by atoms with Crippen LogP contribution in [0.25, 0.3) is 0 Å². The van der Waals surface area contributed by atoms with Gasteiger partial charge in [0.25, 0.3) is 0 Å². The van der Waals surface area contributed by atoms with Gasteiger partial charge in [0, 0.05) is 29.9 Å². The van der Waals surface area contributed by atoms with E-state index in [1.807, 2.05) is 12.1 Å². The number of benzene rings is 1. The lowest BCUT2D eigenvalue weighted by Gasteiger charge is -2.03. The second-order valence-corrected chi connectivity index (χ2v) is 5.56.